The second-order valence-corrected chi connectivity index (χ2v) is 9.11. The SMILES string of the molecule is Cn1ncc2c(=O)n(C[C@@H]3CCN(C(=O)C4CC4)C3)c(-c3ccc(Br)cc3F)nc21. The molecule has 30 heavy (non-hydrogen) atoms. The van der Waals surface area contributed by atoms with Gasteiger partial charge in [-0.3, -0.25) is 18.8 Å². The molecule has 156 valence electrons. The third-order valence-corrected chi connectivity index (χ3v) is 6.48. The minimum atomic E-state index is -0.455. The van der Waals surface area contributed by atoms with E-state index in [4.69, 9.17) is 0 Å². The predicted molar refractivity (Wildman–Crippen MR) is 113 cm³/mol. The first kappa shape index (κ1) is 19.4. The van der Waals surface area contributed by atoms with E-state index in [1.807, 2.05) is 4.90 Å². The molecule has 1 aliphatic heterocycles. The summed E-state index contributed by atoms with van der Waals surface area (Å²) in [6.07, 6.45) is 4.28. The molecule has 1 amide bonds. The van der Waals surface area contributed by atoms with E-state index in [1.54, 1.807) is 23.7 Å². The Kier molecular flexibility index (Phi) is 4.72. The topological polar surface area (TPSA) is 73.0 Å². The fourth-order valence-electron chi connectivity index (χ4n) is 4.19. The van der Waals surface area contributed by atoms with Crippen LogP contribution < -0.4 is 5.56 Å². The second kappa shape index (κ2) is 7.30. The lowest BCUT2D eigenvalue weighted by Crippen LogP contribution is -2.32. The molecule has 1 aliphatic carbocycles. The number of nitrogens with zero attached hydrogens (tertiary/aromatic N) is 5. The molecule has 2 fully saturated rings. The Bertz CT molecular complexity index is 1220. The summed E-state index contributed by atoms with van der Waals surface area (Å²) in [5, 5.41) is 4.55. The van der Waals surface area contributed by atoms with E-state index < -0.39 is 5.82 Å². The van der Waals surface area contributed by atoms with Gasteiger partial charge < -0.3 is 4.90 Å². The molecule has 1 aromatic carbocycles. The van der Waals surface area contributed by atoms with Crippen LogP contribution in [-0.4, -0.2) is 43.2 Å². The lowest BCUT2D eigenvalue weighted by atomic mass is 10.1. The van der Waals surface area contributed by atoms with Gasteiger partial charge in [0.15, 0.2) is 5.65 Å². The highest BCUT2D eigenvalue weighted by atomic mass is 79.9. The molecule has 0 N–H and O–H groups in total. The van der Waals surface area contributed by atoms with Crippen molar-refractivity contribution in [2.24, 2.45) is 18.9 Å². The van der Waals surface area contributed by atoms with E-state index in [0.29, 0.717) is 35.1 Å². The maximum Gasteiger partial charge on any atom is 0.264 e. The molecule has 1 saturated carbocycles. The van der Waals surface area contributed by atoms with Gasteiger partial charge in [-0.1, -0.05) is 15.9 Å². The van der Waals surface area contributed by atoms with Crippen LogP contribution in [0.4, 0.5) is 4.39 Å². The molecule has 0 spiro atoms. The number of rotatable bonds is 4. The summed E-state index contributed by atoms with van der Waals surface area (Å²) in [5.41, 5.74) is 0.449. The summed E-state index contributed by atoms with van der Waals surface area (Å²) in [6.45, 7) is 1.71. The molecule has 3 heterocycles. The molecular weight excluding hydrogens is 453 g/mol. The number of likely N-dealkylation sites (tertiary alicyclic amines) is 1. The van der Waals surface area contributed by atoms with Crippen LogP contribution in [0.3, 0.4) is 0 Å². The van der Waals surface area contributed by atoms with Gasteiger partial charge in [0.2, 0.25) is 5.91 Å². The summed E-state index contributed by atoms with van der Waals surface area (Å²) in [5.74, 6) is 0.368. The van der Waals surface area contributed by atoms with Gasteiger partial charge in [0.1, 0.15) is 17.0 Å². The van der Waals surface area contributed by atoms with Crippen molar-refractivity contribution >= 4 is 32.9 Å². The zero-order valence-electron chi connectivity index (χ0n) is 16.5. The average Bonchev–Trinajstić information content (AvgIpc) is 3.35. The minimum absolute atomic E-state index is 0.124. The maximum atomic E-state index is 14.8. The van der Waals surface area contributed by atoms with Gasteiger partial charge in [-0.2, -0.15) is 5.10 Å². The molecule has 2 aliphatic rings. The molecule has 3 aromatic rings. The second-order valence-electron chi connectivity index (χ2n) is 8.19. The van der Waals surface area contributed by atoms with Gasteiger partial charge in [-0.25, -0.2) is 9.37 Å². The van der Waals surface area contributed by atoms with Crippen molar-refractivity contribution in [3.63, 3.8) is 0 Å². The van der Waals surface area contributed by atoms with Gasteiger partial charge in [0.25, 0.3) is 5.56 Å². The van der Waals surface area contributed by atoms with Gasteiger partial charge >= 0.3 is 0 Å². The van der Waals surface area contributed by atoms with Crippen molar-refractivity contribution in [3.8, 4) is 11.4 Å². The Morgan fingerprint density at radius 1 is 1.30 bits per heavy atom. The maximum absolute atomic E-state index is 14.8. The highest BCUT2D eigenvalue weighted by molar-refractivity contribution is 9.10. The van der Waals surface area contributed by atoms with E-state index in [-0.39, 0.29) is 34.7 Å². The van der Waals surface area contributed by atoms with Crippen molar-refractivity contribution in [2.45, 2.75) is 25.8 Å². The number of aryl methyl sites for hydroxylation is 1. The molecular formula is C21H21BrFN5O2. The third-order valence-electron chi connectivity index (χ3n) is 5.99. The van der Waals surface area contributed by atoms with Gasteiger partial charge in [0, 0.05) is 37.1 Å². The summed E-state index contributed by atoms with van der Waals surface area (Å²) in [6, 6.07) is 4.72. The van der Waals surface area contributed by atoms with Crippen molar-refractivity contribution < 1.29 is 9.18 Å². The van der Waals surface area contributed by atoms with Crippen molar-refractivity contribution in [3.05, 3.63) is 45.0 Å². The highest BCUT2D eigenvalue weighted by Crippen LogP contribution is 2.33. The monoisotopic (exact) mass is 473 g/mol. The zero-order valence-corrected chi connectivity index (χ0v) is 18.1. The summed E-state index contributed by atoms with van der Waals surface area (Å²) in [7, 11) is 1.71. The molecule has 0 bridgehead atoms. The lowest BCUT2D eigenvalue weighted by molar-refractivity contribution is -0.131. The van der Waals surface area contributed by atoms with E-state index in [2.05, 4.69) is 26.0 Å². The average molecular weight is 474 g/mol. The summed E-state index contributed by atoms with van der Waals surface area (Å²) < 4.78 is 18.5. The number of carbonyl (C=O) groups excluding carboxylic acids is 1. The van der Waals surface area contributed by atoms with Crippen LogP contribution in [0.5, 0.6) is 0 Å². The van der Waals surface area contributed by atoms with Crippen LogP contribution in [0, 0.1) is 17.7 Å². The van der Waals surface area contributed by atoms with E-state index in [9.17, 15) is 14.0 Å². The Hall–Kier alpha value is -2.55. The molecule has 5 rings (SSSR count). The number of aromatic nitrogens is 4. The number of benzene rings is 1. The molecule has 1 saturated heterocycles. The summed E-state index contributed by atoms with van der Waals surface area (Å²) >= 11 is 3.27. The Labute approximate surface area is 180 Å². The van der Waals surface area contributed by atoms with Crippen LogP contribution in [0.25, 0.3) is 22.4 Å². The Morgan fingerprint density at radius 3 is 2.83 bits per heavy atom. The number of hydrogen-bond donors (Lipinski definition) is 0. The molecule has 9 heteroatoms. The van der Waals surface area contributed by atoms with Crippen molar-refractivity contribution in [1.82, 2.24) is 24.2 Å². The number of halogens is 2. The van der Waals surface area contributed by atoms with Gasteiger partial charge in [0.05, 0.1) is 11.8 Å². The van der Waals surface area contributed by atoms with E-state index in [0.717, 1.165) is 19.3 Å². The normalized spacial score (nSPS) is 19.0. The van der Waals surface area contributed by atoms with Crippen LogP contribution in [0.15, 0.2) is 33.7 Å². The molecule has 2 aromatic heterocycles. The molecule has 7 nitrogen and oxygen atoms in total. The van der Waals surface area contributed by atoms with E-state index >= 15 is 0 Å². The first-order chi connectivity index (χ1) is 14.4. The van der Waals surface area contributed by atoms with Crippen molar-refractivity contribution in [2.75, 3.05) is 13.1 Å². The third kappa shape index (κ3) is 3.34. The fourth-order valence-corrected chi connectivity index (χ4v) is 4.52. The first-order valence-corrected chi connectivity index (χ1v) is 10.9. The standard InChI is InChI=1S/C21H21BrFN5O2/c1-26-18-16(9-24-26)21(30)28(19(25-18)15-5-4-14(22)8-17(15)23)11-12-6-7-27(10-12)20(29)13-2-3-13/h4-5,8-9,12-13H,2-3,6-7,10-11H2,1H3/t12-/m1/s1. The minimum Gasteiger partial charge on any atom is -0.342 e. The smallest absolute Gasteiger partial charge is 0.264 e. The number of hydrogen-bond acceptors (Lipinski definition) is 4. The van der Waals surface area contributed by atoms with Crippen molar-refractivity contribution in [1.29, 1.82) is 0 Å². The number of fused-ring (bicyclic) bond motifs is 1. The van der Waals surface area contributed by atoms with E-state index in [1.165, 1.54) is 16.9 Å². The van der Waals surface area contributed by atoms with Crippen LogP contribution in [0.1, 0.15) is 19.3 Å². The van der Waals surface area contributed by atoms with Crippen LogP contribution >= 0.6 is 15.9 Å². The zero-order chi connectivity index (χ0) is 21.0. The number of amides is 1. The predicted octanol–water partition coefficient (Wildman–Crippen LogP) is 2.96. The number of carbonyl (C=O) groups is 1. The molecule has 1 atom stereocenters. The summed E-state index contributed by atoms with van der Waals surface area (Å²) in [4.78, 5) is 32.2. The fraction of sp³-hybridized carbons (Fsp3) is 0.429. The largest absolute Gasteiger partial charge is 0.342 e. The first-order valence-electron chi connectivity index (χ1n) is 10.1. The van der Waals surface area contributed by atoms with Gasteiger partial charge in [-0.05, 0) is 43.4 Å². The quantitative estimate of drug-likeness (QED) is 0.583. The van der Waals surface area contributed by atoms with Crippen LogP contribution in [0.2, 0.25) is 0 Å². The molecule has 0 unspecified atom stereocenters. The lowest BCUT2D eigenvalue weighted by Gasteiger charge is -2.19. The highest BCUT2D eigenvalue weighted by Gasteiger charge is 2.37. The Morgan fingerprint density at radius 2 is 2.10 bits per heavy atom. The molecule has 0 radical (unpaired) electrons. The Balaban J connectivity index is 1.55. The van der Waals surface area contributed by atoms with Crippen LogP contribution in [-0.2, 0) is 18.4 Å². The van der Waals surface area contributed by atoms with Gasteiger partial charge in [-0.15, -0.1) is 0 Å².